The summed E-state index contributed by atoms with van der Waals surface area (Å²) in [5.74, 6) is 0.548. The number of piperidine rings is 1. The van der Waals surface area contributed by atoms with Crippen molar-refractivity contribution in [1.82, 2.24) is 19.5 Å². The molecule has 2 aliphatic rings. The van der Waals surface area contributed by atoms with Crippen LogP contribution in [0.1, 0.15) is 77.8 Å². The van der Waals surface area contributed by atoms with Gasteiger partial charge in [-0.15, -0.1) is 0 Å². The summed E-state index contributed by atoms with van der Waals surface area (Å²) in [7, 11) is 0. The quantitative estimate of drug-likeness (QED) is 0.197. The molecule has 2 aromatic heterocycles. The Morgan fingerprint density at radius 2 is 1.70 bits per heavy atom. The lowest BCUT2D eigenvalue weighted by Gasteiger charge is -2.36. The highest BCUT2D eigenvalue weighted by molar-refractivity contribution is 5.88. The minimum atomic E-state index is -0.814. The van der Waals surface area contributed by atoms with Crippen LogP contribution in [0.5, 0.6) is 0 Å². The molecule has 50 heavy (non-hydrogen) atoms. The van der Waals surface area contributed by atoms with Crippen molar-refractivity contribution in [3.63, 3.8) is 0 Å². The molecule has 4 aromatic rings. The zero-order chi connectivity index (χ0) is 35.8. The van der Waals surface area contributed by atoms with Crippen molar-refractivity contribution in [3.8, 4) is 11.1 Å². The van der Waals surface area contributed by atoms with Crippen LogP contribution in [0.4, 0.5) is 25.6 Å². The molecule has 11 nitrogen and oxygen atoms in total. The number of aromatic nitrogens is 3. The Labute approximate surface area is 292 Å². The summed E-state index contributed by atoms with van der Waals surface area (Å²) in [6, 6.07) is 16.3. The maximum absolute atomic E-state index is 15.8. The van der Waals surface area contributed by atoms with Gasteiger partial charge in [0.05, 0.1) is 25.4 Å². The van der Waals surface area contributed by atoms with Crippen LogP contribution in [0.2, 0.25) is 0 Å². The van der Waals surface area contributed by atoms with Gasteiger partial charge in [0.2, 0.25) is 0 Å². The molecule has 2 fully saturated rings. The Kier molecular flexibility index (Phi) is 9.76. The first kappa shape index (κ1) is 35.1. The number of fused-ring (bicyclic) bond motifs is 1. The molecule has 1 aliphatic carbocycles. The molecule has 3 heterocycles. The molecule has 12 heteroatoms. The van der Waals surface area contributed by atoms with E-state index in [-0.39, 0.29) is 19.0 Å². The Morgan fingerprint density at radius 1 is 0.980 bits per heavy atom. The molecule has 266 valence electrons. The molecule has 6 rings (SSSR count). The largest absolute Gasteiger partial charge is 0.444 e. The van der Waals surface area contributed by atoms with Crippen molar-refractivity contribution < 1.29 is 28.6 Å². The van der Waals surface area contributed by atoms with Gasteiger partial charge in [0.1, 0.15) is 28.7 Å². The second-order valence-electron chi connectivity index (χ2n) is 15.3. The SMILES string of the molecule is CC(C)(C)OC(=O)N1CC[C@H](CNc2cc(N(Cc3ccc(-c4ccccc4)cc3F)C(=O)OC(C)(C)C)n3ncc(C4CC4)c3n2)[C@@H](O)C1. The predicted octanol–water partition coefficient (Wildman–Crippen LogP) is 7.38. The Balaban J connectivity index is 1.29. The molecule has 1 saturated carbocycles. The van der Waals surface area contributed by atoms with E-state index in [0.29, 0.717) is 48.3 Å². The van der Waals surface area contributed by atoms with Crippen molar-refractivity contribution >= 4 is 29.5 Å². The molecular formula is C38H47FN6O5. The zero-order valence-corrected chi connectivity index (χ0v) is 29.6. The summed E-state index contributed by atoms with van der Waals surface area (Å²) in [6.07, 6.45) is 2.51. The first-order valence-electron chi connectivity index (χ1n) is 17.3. The lowest BCUT2D eigenvalue weighted by atomic mass is 9.94. The molecule has 2 aromatic carbocycles. The van der Waals surface area contributed by atoms with Gasteiger partial charge in [-0.2, -0.15) is 9.61 Å². The van der Waals surface area contributed by atoms with Gasteiger partial charge in [-0.3, -0.25) is 4.90 Å². The number of anilines is 2. The van der Waals surface area contributed by atoms with Crippen LogP contribution < -0.4 is 10.2 Å². The number of amides is 2. The number of aliphatic hydroxyl groups excluding tert-OH is 1. The third-order valence-corrected chi connectivity index (χ3v) is 8.80. The molecule has 0 bridgehead atoms. The van der Waals surface area contributed by atoms with Gasteiger partial charge in [-0.25, -0.2) is 19.0 Å². The fourth-order valence-electron chi connectivity index (χ4n) is 6.09. The van der Waals surface area contributed by atoms with E-state index in [1.807, 2.05) is 57.2 Å². The van der Waals surface area contributed by atoms with Crippen molar-refractivity contribution in [1.29, 1.82) is 0 Å². The van der Waals surface area contributed by atoms with E-state index >= 15 is 4.39 Å². The highest BCUT2D eigenvalue weighted by Gasteiger charge is 2.34. The number of aliphatic hydroxyl groups is 1. The molecule has 0 spiro atoms. The van der Waals surface area contributed by atoms with Crippen LogP contribution in [0, 0.1) is 11.7 Å². The first-order chi connectivity index (χ1) is 23.6. The number of benzene rings is 2. The van der Waals surface area contributed by atoms with Crippen LogP contribution in [0.15, 0.2) is 60.8 Å². The Bertz CT molecular complexity index is 1850. The smallest absolute Gasteiger partial charge is 0.416 e. The number of nitrogens with one attached hydrogen (secondary N) is 1. The summed E-state index contributed by atoms with van der Waals surface area (Å²) in [5.41, 5.74) is 2.06. The van der Waals surface area contributed by atoms with Gasteiger partial charge in [0.25, 0.3) is 0 Å². The second kappa shape index (κ2) is 13.9. The Hall–Kier alpha value is -4.71. The van der Waals surface area contributed by atoms with Crippen molar-refractivity contribution in [3.05, 3.63) is 77.7 Å². The number of ether oxygens (including phenoxy) is 2. The van der Waals surface area contributed by atoms with Crippen molar-refractivity contribution in [2.75, 3.05) is 29.9 Å². The van der Waals surface area contributed by atoms with Crippen LogP contribution in [0.25, 0.3) is 16.8 Å². The molecular weight excluding hydrogens is 639 g/mol. The molecule has 0 radical (unpaired) electrons. The maximum atomic E-state index is 15.8. The van der Waals surface area contributed by atoms with Gasteiger partial charge >= 0.3 is 12.2 Å². The number of halogens is 1. The van der Waals surface area contributed by atoms with Gasteiger partial charge < -0.3 is 24.8 Å². The summed E-state index contributed by atoms with van der Waals surface area (Å²) in [5, 5.41) is 19.0. The molecule has 2 N–H and O–H groups in total. The number of carbonyl (C=O) groups is 2. The van der Waals surface area contributed by atoms with Gasteiger partial charge in [-0.1, -0.05) is 42.5 Å². The van der Waals surface area contributed by atoms with Crippen LogP contribution in [-0.4, -0.2) is 73.7 Å². The second-order valence-corrected chi connectivity index (χ2v) is 15.3. The predicted molar refractivity (Wildman–Crippen MR) is 190 cm³/mol. The number of carbonyl (C=O) groups excluding carboxylic acids is 2. The topological polar surface area (TPSA) is 122 Å². The summed E-state index contributed by atoms with van der Waals surface area (Å²) in [4.78, 5) is 34.4. The molecule has 1 saturated heterocycles. The minimum Gasteiger partial charge on any atom is -0.444 e. The monoisotopic (exact) mass is 686 g/mol. The Morgan fingerprint density at radius 3 is 2.34 bits per heavy atom. The van der Waals surface area contributed by atoms with Gasteiger partial charge in [-0.05, 0) is 83.9 Å². The molecule has 0 unspecified atom stereocenters. The number of rotatable bonds is 8. The zero-order valence-electron chi connectivity index (χ0n) is 29.6. The fourth-order valence-corrected chi connectivity index (χ4v) is 6.09. The highest BCUT2D eigenvalue weighted by atomic mass is 19.1. The summed E-state index contributed by atoms with van der Waals surface area (Å²) < 4.78 is 28.7. The van der Waals surface area contributed by atoms with Crippen molar-refractivity contribution in [2.45, 2.75) is 90.6 Å². The normalized spacial score (nSPS) is 18.2. The van der Waals surface area contributed by atoms with Crippen LogP contribution in [-0.2, 0) is 16.0 Å². The van der Waals surface area contributed by atoms with E-state index in [1.54, 1.807) is 43.6 Å². The standard InChI is InChI=1S/C38H47FN6O5/c1-37(2,3)49-35(47)43-17-16-27(31(46)23-43)20-40-32-19-33(45-34(42-32)29(21-41-45)25-12-13-25)44(36(48)50-38(4,5)6)22-28-15-14-26(18-30(28)39)24-10-8-7-9-11-24/h7-11,14-15,18-19,21,25,27,31,46H,12-13,16-17,20,22-23H2,1-6H3,(H,40,42)/t27-,31+/m1/s1. The maximum Gasteiger partial charge on any atom is 0.416 e. The average Bonchev–Trinajstić information content (AvgIpc) is 3.80. The molecule has 2 atom stereocenters. The third kappa shape index (κ3) is 8.35. The van der Waals surface area contributed by atoms with E-state index in [9.17, 15) is 14.7 Å². The van der Waals surface area contributed by atoms with E-state index in [0.717, 1.165) is 29.5 Å². The van der Waals surface area contributed by atoms with Gasteiger partial charge in [0, 0.05) is 36.2 Å². The number of hydrogen-bond donors (Lipinski definition) is 2. The number of nitrogens with zero attached hydrogens (tertiary/aromatic N) is 5. The van der Waals surface area contributed by atoms with E-state index in [2.05, 4.69) is 10.4 Å². The van der Waals surface area contributed by atoms with E-state index in [4.69, 9.17) is 14.5 Å². The van der Waals surface area contributed by atoms with Crippen molar-refractivity contribution in [2.24, 2.45) is 5.92 Å². The first-order valence-corrected chi connectivity index (χ1v) is 17.3. The third-order valence-electron chi connectivity index (χ3n) is 8.80. The fraction of sp³-hybridized carbons (Fsp3) is 0.474. The van der Waals surface area contributed by atoms with E-state index in [1.165, 1.54) is 15.9 Å². The molecule has 1 aliphatic heterocycles. The average molecular weight is 687 g/mol. The minimum absolute atomic E-state index is 0.116. The number of β-amino-alcohol motifs (C(OH)–C–C–N with tert-alkyl or cyclic N) is 1. The van der Waals surface area contributed by atoms with Crippen LogP contribution in [0.3, 0.4) is 0 Å². The number of likely N-dealkylation sites (tertiary alicyclic amines) is 1. The lowest BCUT2D eigenvalue weighted by Crippen LogP contribution is -2.49. The lowest BCUT2D eigenvalue weighted by molar-refractivity contribution is -0.0104. The summed E-state index contributed by atoms with van der Waals surface area (Å²) in [6.45, 7) is 11.7. The summed E-state index contributed by atoms with van der Waals surface area (Å²) >= 11 is 0. The van der Waals surface area contributed by atoms with E-state index < -0.39 is 35.3 Å². The number of hydrogen-bond acceptors (Lipinski definition) is 8. The molecule has 2 amide bonds. The highest BCUT2D eigenvalue weighted by Crippen LogP contribution is 2.42. The van der Waals surface area contributed by atoms with Gasteiger partial charge in [0.15, 0.2) is 5.65 Å². The van der Waals surface area contributed by atoms with Crippen LogP contribution >= 0.6 is 0 Å².